The SMILES string of the molecule is COCc1cccc(CC(=O)N(C)OC)c1. The monoisotopic (exact) mass is 223 g/mol. The summed E-state index contributed by atoms with van der Waals surface area (Å²) in [6.07, 6.45) is 0.335. The number of methoxy groups -OCH3 is 1. The van der Waals surface area contributed by atoms with Gasteiger partial charge >= 0.3 is 0 Å². The van der Waals surface area contributed by atoms with Crippen LogP contribution in [0.5, 0.6) is 0 Å². The Bertz CT molecular complexity index is 352. The van der Waals surface area contributed by atoms with Gasteiger partial charge in [0.15, 0.2) is 0 Å². The highest BCUT2D eigenvalue weighted by Gasteiger charge is 2.08. The van der Waals surface area contributed by atoms with Crippen molar-refractivity contribution in [3.8, 4) is 0 Å². The number of nitrogens with zero attached hydrogens (tertiary/aromatic N) is 1. The Hall–Kier alpha value is -1.39. The van der Waals surface area contributed by atoms with Gasteiger partial charge in [0.2, 0.25) is 5.91 Å². The molecule has 16 heavy (non-hydrogen) atoms. The highest BCUT2D eigenvalue weighted by Crippen LogP contribution is 2.08. The molecule has 0 unspecified atom stereocenters. The van der Waals surface area contributed by atoms with Crippen LogP contribution < -0.4 is 0 Å². The molecule has 0 saturated carbocycles. The highest BCUT2D eigenvalue weighted by molar-refractivity contribution is 5.77. The van der Waals surface area contributed by atoms with Crippen molar-refractivity contribution in [1.29, 1.82) is 0 Å². The second-order valence-electron chi connectivity index (χ2n) is 3.50. The molecule has 0 heterocycles. The Morgan fingerprint density at radius 2 is 2.00 bits per heavy atom. The molecule has 1 amide bonds. The standard InChI is InChI=1S/C12H17NO3/c1-13(16-3)12(14)8-10-5-4-6-11(7-10)9-15-2/h4-7H,8-9H2,1-3H3. The van der Waals surface area contributed by atoms with Crippen LogP contribution >= 0.6 is 0 Å². The van der Waals surface area contributed by atoms with E-state index in [1.807, 2.05) is 24.3 Å². The van der Waals surface area contributed by atoms with Crippen LogP contribution in [0.2, 0.25) is 0 Å². The molecular weight excluding hydrogens is 206 g/mol. The fraction of sp³-hybridized carbons (Fsp3) is 0.417. The molecule has 0 bridgehead atoms. The second kappa shape index (κ2) is 6.25. The van der Waals surface area contributed by atoms with Gasteiger partial charge in [0.1, 0.15) is 0 Å². The van der Waals surface area contributed by atoms with Crippen molar-refractivity contribution in [3.05, 3.63) is 35.4 Å². The van der Waals surface area contributed by atoms with Gasteiger partial charge < -0.3 is 4.74 Å². The number of carbonyl (C=O) groups is 1. The molecule has 88 valence electrons. The second-order valence-corrected chi connectivity index (χ2v) is 3.50. The summed E-state index contributed by atoms with van der Waals surface area (Å²) in [4.78, 5) is 16.4. The Morgan fingerprint density at radius 1 is 1.31 bits per heavy atom. The number of amides is 1. The van der Waals surface area contributed by atoms with Crippen molar-refractivity contribution >= 4 is 5.91 Å². The Balaban J connectivity index is 2.66. The van der Waals surface area contributed by atoms with Crippen molar-refractivity contribution in [3.63, 3.8) is 0 Å². The normalized spacial score (nSPS) is 10.2. The largest absolute Gasteiger partial charge is 0.380 e. The van der Waals surface area contributed by atoms with E-state index in [1.54, 1.807) is 14.2 Å². The van der Waals surface area contributed by atoms with Crippen LogP contribution in [-0.4, -0.2) is 32.2 Å². The number of hydrogen-bond donors (Lipinski definition) is 0. The quantitative estimate of drug-likeness (QED) is 0.708. The van der Waals surface area contributed by atoms with E-state index < -0.39 is 0 Å². The number of hydroxylamine groups is 2. The molecule has 0 aliphatic rings. The maximum atomic E-state index is 11.6. The van der Waals surface area contributed by atoms with E-state index in [1.165, 1.54) is 12.2 Å². The molecule has 0 aliphatic carbocycles. The van der Waals surface area contributed by atoms with Crippen molar-refractivity contribution < 1.29 is 14.4 Å². The summed E-state index contributed by atoms with van der Waals surface area (Å²) in [5.74, 6) is -0.0722. The molecule has 0 saturated heterocycles. The van der Waals surface area contributed by atoms with Crippen molar-refractivity contribution in [2.45, 2.75) is 13.0 Å². The van der Waals surface area contributed by atoms with Crippen molar-refractivity contribution in [2.75, 3.05) is 21.3 Å². The average molecular weight is 223 g/mol. The lowest BCUT2D eigenvalue weighted by atomic mass is 10.1. The van der Waals surface area contributed by atoms with Crippen molar-refractivity contribution in [2.24, 2.45) is 0 Å². The molecule has 0 atom stereocenters. The third-order valence-corrected chi connectivity index (χ3v) is 2.28. The van der Waals surface area contributed by atoms with Crippen LogP contribution in [0.15, 0.2) is 24.3 Å². The minimum atomic E-state index is -0.0722. The zero-order chi connectivity index (χ0) is 12.0. The molecule has 0 N–H and O–H groups in total. The minimum absolute atomic E-state index is 0.0722. The Kier molecular flexibility index (Phi) is 4.95. The summed E-state index contributed by atoms with van der Waals surface area (Å²) in [5.41, 5.74) is 2.02. The number of ether oxygens (including phenoxy) is 1. The molecule has 0 spiro atoms. The molecule has 1 aromatic rings. The fourth-order valence-corrected chi connectivity index (χ4v) is 1.38. The first-order chi connectivity index (χ1) is 7.67. The maximum Gasteiger partial charge on any atom is 0.250 e. The molecule has 0 aliphatic heterocycles. The van der Waals surface area contributed by atoms with Crippen molar-refractivity contribution in [1.82, 2.24) is 5.06 Å². The van der Waals surface area contributed by atoms with Gasteiger partial charge in [-0.15, -0.1) is 0 Å². The summed E-state index contributed by atoms with van der Waals surface area (Å²) >= 11 is 0. The van der Waals surface area contributed by atoms with Gasteiger partial charge in [-0.3, -0.25) is 9.63 Å². The van der Waals surface area contributed by atoms with Gasteiger partial charge in [-0.1, -0.05) is 24.3 Å². The van der Waals surface area contributed by atoms with E-state index in [0.29, 0.717) is 13.0 Å². The molecule has 4 heteroatoms. The number of carbonyl (C=O) groups excluding carboxylic acids is 1. The van der Waals surface area contributed by atoms with E-state index in [9.17, 15) is 4.79 Å². The molecule has 0 radical (unpaired) electrons. The first kappa shape index (κ1) is 12.7. The molecule has 1 rings (SSSR count). The van der Waals surface area contributed by atoms with Gasteiger partial charge in [0.05, 0.1) is 20.1 Å². The van der Waals surface area contributed by atoms with Crippen LogP contribution in [0.25, 0.3) is 0 Å². The lowest BCUT2D eigenvalue weighted by Gasteiger charge is -2.13. The molecular formula is C12H17NO3. The van der Waals surface area contributed by atoms with Gasteiger partial charge in [0.25, 0.3) is 0 Å². The molecule has 0 aromatic heterocycles. The zero-order valence-electron chi connectivity index (χ0n) is 9.90. The summed E-state index contributed by atoms with van der Waals surface area (Å²) in [6.45, 7) is 0.558. The number of rotatable bonds is 5. The van der Waals surface area contributed by atoms with E-state index in [4.69, 9.17) is 9.57 Å². The lowest BCUT2D eigenvalue weighted by molar-refractivity contribution is -0.167. The first-order valence-electron chi connectivity index (χ1n) is 5.04. The van der Waals surface area contributed by atoms with Crippen LogP contribution in [0.4, 0.5) is 0 Å². The molecule has 4 nitrogen and oxygen atoms in total. The van der Waals surface area contributed by atoms with Crippen LogP contribution in [-0.2, 0) is 27.4 Å². The predicted molar refractivity (Wildman–Crippen MR) is 60.6 cm³/mol. The molecule has 1 aromatic carbocycles. The number of benzene rings is 1. The maximum absolute atomic E-state index is 11.6. The van der Waals surface area contributed by atoms with E-state index in [0.717, 1.165) is 11.1 Å². The lowest BCUT2D eigenvalue weighted by Crippen LogP contribution is -2.26. The van der Waals surface area contributed by atoms with E-state index in [-0.39, 0.29) is 5.91 Å². The smallest absolute Gasteiger partial charge is 0.250 e. The van der Waals surface area contributed by atoms with Crippen LogP contribution in [0.1, 0.15) is 11.1 Å². The van der Waals surface area contributed by atoms with Crippen LogP contribution in [0, 0.1) is 0 Å². The predicted octanol–water partition coefficient (Wildman–Crippen LogP) is 1.40. The Morgan fingerprint density at radius 3 is 2.62 bits per heavy atom. The third-order valence-electron chi connectivity index (χ3n) is 2.28. The van der Waals surface area contributed by atoms with Gasteiger partial charge in [0, 0.05) is 14.2 Å². The summed E-state index contributed by atoms with van der Waals surface area (Å²) in [5, 5.41) is 1.23. The third kappa shape index (κ3) is 3.64. The zero-order valence-corrected chi connectivity index (χ0v) is 9.90. The van der Waals surface area contributed by atoms with E-state index >= 15 is 0 Å². The number of likely N-dealkylation sites (N-methyl/N-ethyl adjacent to an activating group) is 1. The van der Waals surface area contributed by atoms with Gasteiger partial charge in [-0.05, 0) is 11.1 Å². The summed E-state index contributed by atoms with van der Waals surface area (Å²) < 4.78 is 5.04. The highest BCUT2D eigenvalue weighted by atomic mass is 16.7. The first-order valence-corrected chi connectivity index (χ1v) is 5.04. The average Bonchev–Trinajstić information content (AvgIpc) is 2.29. The van der Waals surface area contributed by atoms with Gasteiger partial charge in [-0.25, -0.2) is 5.06 Å². The molecule has 0 fully saturated rings. The topological polar surface area (TPSA) is 38.8 Å². The van der Waals surface area contributed by atoms with Gasteiger partial charge in [-0.2, -0.15) is 0 Å². The summed E-state index contributed by atoms with van der Waals surface area (Å²) in [6, 6.07) is 7.77. The van der Waals surface area contributed by atoms with Crippen LogP contribution in [0.3, 0.4) is 0 Å². The Labute approximate surface area is 95.7 Å². The minimum Gasteiger partial charge on any atom is -0.380 e. The fourth-order valence-electron chi connectivity index (χ4n) is 1.38. The number of hydrogen-bond acceptors (Lipinski definition) is 3. The summed E-state index contributed by atoms with van der Waals surface area (Å²) in [7, 11) is 4.72. The van der Waals surface area contributed by atoms with E-state index in [2.05, 4.69) is 0 Å².